The van der Waals surface area contributed by atoms with E-state index in [1.807, 2.05) is 0 Å². The first-order chi connectivity index (χ1) is 16.6. The lowest BCUT2D eigenvalue weighted by Crippen LogP contribution is -2.33. The molecule has 0 spiro atoms. The Hall–Kier alpha value is -4.06. The number of anilines is 3. The maximum absolute atomic E-state index is 14.1. The molecule has 0 radical (unpaired) electrons. The van der Waals surface area contributed by atoms with Crippen molar-refractivity contribution in [3.63, 3.8) is 0 Å². The van der Waals surface area contributed by atoms with Crippen molar-refractivity contribution in [3.8, 4) is 0 Å². The van der Waals surface area contributed by atoms with Crippen LogP contribution in [0, 0.1) is 5.82 Å². The summed E-state index contributed by atoms with van der Waals surface area (Å²) in [6.45, 7) is 0. The highest BCUT2D eigenvalue weighted by Crippen LogP contribution is 2.31. The number of carbonyl (C=O) groups excluding carboxylic acids is 3. The van der Waals surface area contributed by atoms with E-state index in [1.54, 1.807) is 0 Å². The molecule has 3 amide bonds. The van der Waals surface area contributed by atoms with Crippen molar-refractivity contribution in [2.24, 2.45) is 5.14 Å². The first-order valence-electron chi connectivity index (χ1n) is 9.90. The van der Waals surface area contributed by atoms with Gasteiger partial charge in [-0.15, -0.1) is 0 Å². The fourth-order valence-corrected chi connectivity index (χ4v) is 3.97. The Bertz CT molecular complexity index is 1490. The number of halogens is 2. The molecule has 178 valence electrons. The Balaban J connectivity index is 1.46. The van der Waals surface area contributed by atoms with Gasteiger partial charge in [-0.1, -0.05) is 23.7 Å². The number of primary sulfonamides is 1. The van der Waals surface area contributed by atoms with Crippen LogP contribution in [0.4, 0.5) is 21.5 Å². The molecule has 0 atom stereocenters. The molecule has 3 aromatic carbocycles. The number of amides is 3. The third-order valence-corrected chi connectivity index (χ3v) is 6.26. The van der Waals surface area contributed by atoms with Gasteiger partial charge in [0.05, 0.1) is 10.6 Å². The van der Waals surface area contributed by atoms with Crippen molar-refractivity contribution in [2.45, 2.75) is 4.90 Å². The summed E-state index contributed by atoms with van der Waals surface area (Å²) in [6.07, 6.45) is 0. The monoisotopic (exact) mass is 514 g/mol. The summed E-state index contributed by atoms with van der Waals surface area (Å²) in [7, 11) is -3.85. The van der Waals surface area contributed by atoms with Gasteiger partial charge in [-0.2, -0.15) is 0 Å². The van der Waals surface area contributed by atoms with Crippen molar-refractivity contribution >= 4 is 56.4 Å². The van der Waals surface area contributed by atoms with E-state index in [1.165, 1.54) is 66.7 Å². The van der Waals surface area contributed by atoms with Gasteiger partial charge in [-0.25, -0.2) is 22.8 Å². The molecule has 0 aromatic heterocycles. The summed E-state index contributed by atoms with van der Waals surface area (Å²) < 4.78 is 36.8. The number of hydrogen-bond acceptors (Lipinski definition) is 6. The predicted molar refractivity (Wildman–Crippen MR) is 128 cm³/mol. The van der Waals surface area contributed by atoms with Crippen molar-refractivity contribution < 1.29 is 27.2 Å². The van der Waals surface area contributed by atoms with Crippen LogP contribution in [-0.2, 0) is 19.6 Å². The van der Waals surface area contributed by atoms with Gasteiger partial charge in [-0.3, -0.25) is 14.4 Å². The van der Waals surface area contributed by atoms with Gasteiger partial charge < -0.3 is 10.6 Å². The van der Waals surface area contributed by atoms with E-state index in [2.05, 4.69) is 10.6 Å². The third-order valence-electron chi connectivity index (χ3n) is 4.98. The van der Waals surface area contributed by atoms with E-state index < -0.39 is 38.6 Å². The van der Waals surface area contributed by atoms with Gasteiger partial charge in [-0.05, 0) is 60.7 Å². The number of hydrogen-bond donors (Lipinski definition) is 3. The van der Waals surface area contributed by atoms with E-state index in [0.29, 0.717) is 16.3 Å². The molecular weight excluding hydrogens is 499 g/mol. The fraction of sp³-hybridized carbons (Fsp3) is 0. The zero-order valence-corrected chi connectivity index (χ0v) is 19.2. The molecule has 0 unspecified atom stereocenters. The number of para-hydroxylation sites is 1. The highest BCUT2D eigenvalue weighted by atomic mass is 35.5. The molecular formula is C23H16ClFN4O5S. The molecule has 12 heteroatoms. The molecule has 1 aliphatic heterocycles. The number of imide groups is 1. The minimum absolute atomic E-state index is 0.0904. The first kappa shape index (κ1) is 24.1. The highest BCUT2D eigenvalue weighted by molar-refractivity contribution is 7.89. The summed E-state index contributed by atoms with van der Waals surface area (Å²) in [5, 5.41) is 10.00. The summed E-state index contributed by atoms with van der Waals surface area (Å²) in [5.41, 5.74) is 0.509. The number of nitrogens with one attached hydrogen (secondary N) is 2. The number of sulfonamides is 1. The number of rotatable bonds is 6. The molecule has 4 N–H and O–H groups in total. The van der Waals surface area contributed by atoms with E-state index in [9.17, 15) is 27.2 Å². The average molecular weight is 515 g/mol. The van der Waals surface area contributed by atoms with Crippen LogP contribution in [0.1, 0.15) is 10.4 Å². The normalized spacial score (nSPS) is 13.9. The van der Waals surface area contributed by atoms with Gasteiger partial charge in [0.15, 0.2) is 0 Å². The van der Waals surface area contributed by atoms with Crippen molar-refractivity contribution in [2.75, 3.05) is 15.5 Å². The molecule has 0 fully saturated rings. The quantitative estimate of drug-likeness (QED) is 0.432. The lowest BCUT2D eigenvalue weighted by molar-refractivity contribution is -0.120. The summed E-state index contributed by atoms with van der Waals surface area (Å²) in [5.74, 6) is -2.92. The number of nitrogens with two attached hydrogens (primary N) is 1. The standard InChI is InChI=1S/C23H16ClFN4O5S/c24-19-20(23(32)29(22(19)31)18-4-2-1-3-17(18)25)27-14-7-5-13(6-8-14)21(30)28-15-9-11-16(12-10-15)35(26,33)34/h1-12,27H,(H,28,30)(H2,26,33,34). The van der Waals surface area contributed by atoms with E-state index in [0.717, 1.165) is 6.07 Å². The maximum atomic E-state index is 14.1. The minimum atomic E-state index is -3.85. The molecule has 1 aliphatic rings. The Kier molecular flexibility index (Phi) is 6.39. The number of carbonyl (C=O) groups is 3. The Morgan fingerprint density at radius 1 is 0.886 bits per heavy atom. The zero-order chi connectivity index (χ0) is 25.3. The lowest BCUT2D eigenvalue weighted by Gasteiger charge is -2.15. The topological polar surface area (TPSA) is 139 Å². The van der Waals surface area contributed by atoms with Gasteiger partial charge >= 0.3 is 0 Å². The molecule has 3 aromatic rings. The van der Waals surface area contributed by atoms with E-state index >= 15 is 0 Å². The van der Waals surface area contributed by atoms with Crippen LogP contribution in [-0.4, -0.2) is 26.1 Å². The molecule has 4 rings (SSSR count). The van der Waals surface area contributed by atoms with E-state index in [-0.39, 0.29) is 21.8 Å². The Morgan fingerprint density at radius 2 is 1.49 bits per heavy atom. The largest absolute Gasteiger partial charge is 0.350 e. The van der Waals surface area contributed by atoms with Crippen LogP contribution in [0.2, 0.25) is 0 Å². The van der Waals surface area contributed by atoms with Gasteiger partial charge in [0.2, 0.25) is 10.0 Å². The molecule has 0 bridgehead atoms. The van der Waals surface area contributed by atoms with Crippen LogP contribution in [0.3, 0.4) is 0 Å². The second kappa shape index (κ2) is 9.29. The maximum Gasteiger partial charge on any atom is 0.283 e. The molecule has 0 saturated carbocycles. The number of nitrogens with zero attached hydrogens (tertiary/aromatic N) is 1. The van der Waals surface area contributed by atoms with Crippen LogP contribution in [0.5, 0.6) is 0 Å². The molecule has 0 aliphatic carbocycles. The Morgan fingerprint density at radius 3 is 2.09 bits per heavy atom. The fourth-order valence-electron chi connectivity index (χ4n) is 3.24. The second-order valence-electron chi connectivity index (χ2n) is 7.31. The van der Waals surface area contributed by atoms with Crippen LogP contribution >= 0.6 is 11.6 Å². The van der Waals surface area contributed by atoms with E-state index in [4.69, 9.17) is 16.7 Å². The number of benzene rings is 3. The second-order valence-corrected chi connectivity index (χ2v) is 9.25. The summed E-state index contributed by atoms with van der Waals surface area (Å²) >= 11 is 6.05. The molecule has 35 heavy (non-hydrogen) atoms. The summed E-state index contributed by atoms with van der Waals surface area (Å²) in [6, 6.07) is 16.5. The molecule has 0 saturated heterocycles. The zero-order valence-electron chi connectivity index (χ0n) is 17.7. The Labute approximate surface area is 204 Å². The van der Waals surface area contributed by atoms with Gasteiger partial charge in [0.25, 0.3) is 17.7 Å². The van der Waals surface area contributed by atoms with Crippen molar-refractivity contribution in [3.05, 3.63) is 94.9 Å². The average Bonchev–Trinajstić information content (AvgIpc) is 3.03. The highest BCUT2D eigenvalue weighted by Gasteiger charge is 2.40. The van der Waals surface area contributed by atoms with Crippen LogP contribution in [0.25, 0.3) is 0 Å². The smallest absolute Gasteiger partial charge is 0.283 e. The van der Waals surface area contributed by atoms with Gasteiger partial charge in [0, 0.05) is 16.9 Å². The van der Waals surface area contributed by atoms with Crippen LogP contribution in [0.15, 0.2) is 88.4 Å². The summed E-state index contributed by atoms with van der Waals surface area (Å²) in [4.78, 5) is 38.3. The van der Waals surface area contributed by atoms with Gasteiger partial charge in [0.1, 0.15) is 16.5 Å². The lowest BCUT2D eigenvalue weighted by atomic mass is 10.2. The minimum Gasteiger partial charge on any atom is -0.350 e. The molecule has 9 nitrogen and oxygen atoms in total. The first-order valence-corrected chi connectivity index (χ1v) is 11.8. The third kappa shape index (κ3) is 4.92. The predicted octanol–water partition coefficient (Wildman–Crippen LogP) is 3.16. The van der Waals surface area contributed by atoms with Crippen molar-refractivity contribution in [1.82, 2.24) is 0 Å². The molecule has 1 heterocycles. The SMILES string of the molecule is NS(=O)(=O)c1ccc(NC(=O)c2ccc(NC3=C(Cl)C(=O)N(c4ccccc4F)C3=O)cc2)cc1. The van der Waals surface area contributed by atoms with Crippen molar-refractivity contribution in [1.29, 1.82) is 0 Å². The van der Waals surface area contributed by atoms with Crippen LogP contribution < -0.4 is 20.7 Å².